The largest absolute Gasteiger partial charge is 0.355 e. The van der Waals surface area contributed by atoms with Crippen molar-refractivity contribution >= 4 is 49.9 Å². The molecule has 1 atom stereocenters. The van der Waals surface area contributed by atoms with Gasteiger partial charge >= 0.3 is 0 Å². The molecule has 0 bridgehead atoms. The van der Waals surface area contributed by atoms with E-state index in [-0.39, 0.29) is 6.04 Å². The Morgan fingerprint density at radius 1 is 1.10 bits per heavy atom. The first-order valence-electron chi connectivity index (χ1n) is 6.20. The minimum Gasteiger partial charge on any atom is -0.355 e. The van der Waals surface area contributed by atoms with Gasteiger partial charge in [0.25, 0.3) is 0 Å². The molecular formula is C15H12Cl2N2S. The summed E-state index contributed by atoms with van der Waals surface area (Å²) in [5.74, 6) is 0. The average molecular weight is 323 g/mol. The van der Waals surface area contributed by atoms with Crippen molar-refractivity contribution in [2.24, 2.45) is 0 Å². The molecule has 0 spiro atoms. The van der Waals surface area contributed by atoms with Gasteiger partial charge in [0.2, 0.25) is 0 Å². The van der Waals surface area contributed by atoms with Gasteiger partial charge in [-0.2, -0.15) is 0 Å². The summed E-state index contributed by atoms with van der Waals surface area (Å²) in [6.45, 7) is 2.09. The third-order valence-electron chi connectivity index (χ3n) is 3.08. The van der Waals surface area contributed by atoms with Crippen LogP contribution in [0.3, 0.4) is 0 Å². The molecule has 2 nitrogen and oxygen atoms in total. The first-order valence-corrected chi connectivity index (χ1v) is 7.78. The summed E-state index contributed by atoms with van der Waals surface area (Å²) in [7, 11) is 0. The topological polar surface area (TPSA) is 24.9 Å². The summed E-state index contributed by atoms with van der Waals surface area (Å²) in [5.41, 5.74) is 2.09. The highest BCUT2D eigenvalue weighted by molar-refractivity contribution is 7.22. The number of thiazole rings is 1. The van der Waals surface area contributed by atoms with Gasteiger partial charge in [-0.3, -0.25) is 0 Å². The Morgan fingerprint density at radius 2 is 1.85 bits per heavy atom. The molecule has 102 valence electrons. The van der Waals surface area contributed by atoms with Gasteiger partial charge in [-0.25, -0.2) is 4.98 Å². The lowest BCUT2D eigenvalue weighted by atomic mass is 10.1. The van der Waals surface area contributed by atoms with E-state index < -0.39 is 0 Å². The van der Waals surface area contributed by atoms with E-state index in [1.165, 1.54) is 5.56 Å². The fourth-order valence-corrected chi connectivity index (χ4v) is 3.37. The molecule has 3 aromatic rings. The molecule has 0 saturated heterocycles. The highest BCUT2D eigenvalue weighted by Crippen LogP contribution is 2.33. The molecule has 5 heteroatoms. The van der Waals surface area contributed by atoms with Crippen molar-refractivity contribution in [2.75, 3.05) is 5.32 Å². The second-order valence-electron chi connectivity index (χ2n) is 4.52. The van der Waals surface area contributed by atoms with E-state index in [2.05, 4.69) is 17.2 Å². The maximum absolute atomic E-state index is 6.17. The molecule has 1 unspecified atom stereocenters. The van der Waals surface area contributed by atoms with Gasteiger partial charge in [0.05, 0.1) is 21.3 Å². The fraction of sp³-hybridized carbons (Fsp3) is 0.133. The lowest BCUT2D eigenvalue weighted by molar-refractivity contribution is 0.883. The number of rotatable bonds is 3. The Balaban J connectivity index is 1.85. The Bertz CT molecular complexity index is 737. The molecule has 0 radical (unpaired) electrons. The summed E-state index contributed by atoms with van der Waals surface area (Å²) in [4.78, 5) is 4.55. The van der Waals surface area contributed by atoms with E-state index in [1.807, 2.05) is 42.5 Å². The lowest BCUT2D eigenvalue weighted by Crippen LogP contribution is -2.05. The second kappa shape index (κ2) is 5.60. The van der Waals surface area contributed by atoms with Gasteiger partial charge in [0, 0.05) is 5.02 Å². The zero-order valence-electron chi connectivity index (χ0n) is 10.7. The number of hydrogen-bond acceptors (Lipinski definition) is 3. The van der Waals surface area contributed by atoms with E-state index in [9.17, 15) is 0 Å². The zero-order valence-corrected chi connectivity index (χ0v) is 13.1. The number of benzene rings is 2. The van der Waals surface area contributed by atoms with Crippen molar-refractivity contribution in [3.63, 3.8) is 0 Å². The van der Waals surface area contributed by atoms with Crippen LogP contribution in [0.25, 0.3) is 10.2 Å². The van der Waals surface area contributed by atoms with Crippen molar-refractivity contribution in [3.05, 3.63) is 58.1 Å². The van der Waals surface area contributed by atoms with Crippen molar-refractivity contribution in [1.29, 1.82) is 0 Å². The van der Waals surface area contributed by atoms with E-state index in [0.29, 0.717) is 0 Å². The molecule has 0 aliphatic carbocycles. The number of nitrogens with one attached hydrogen (secondary N) is 1. The van der Waals surface area contributed by atoms with Crippen LogP contribution in [0.5, 0.6) is 0 Å². The molecule has 1 N–H and O–H groups in total. The molecule has 0 saturated carbocycles. The van der Waals surface area contributed by atoms with Gasteiger partial charge in [-0.1, -0.05) is 52.7 Å². The number of anilines is 1. The minimum atomic E-state index is 0.159. The molecule has 2 aromatic carbocycles. The number of halogens is 2. The monoisotopic (exact) mass is 322 g/mol. The van der Waals surface area contributed by atoms with Gasteiger partial charge in [-0.15, -0.1) is 0 Å². The molecule has 1 aromatic heterocycles. The second-order valence-corrected chi connectivity index (χ2v) is 6.37. The summed E-state index contributed by atoms with van der Waals surface area (Å²) >= 11 is 13.6. The maximum Gasteiger partial charge on any atom is 0.184 e. The molecule has 3 rings (SSSR count). The van der Waals surface area contributed by atoms with Crippen LogP contribution < -0.4 is 5.32 Å². The standard InChI is InChI=1S/C15H12Cl2N2S/c1-9(10-5-7-11(16)8-6-10)18-15-19-13-4-2-3-12(17)14(13)20-15/h2-9H,1H3,(H,18,19). The van der Waals surface area contributed by atoms with Crippen LogP contribution in [-0.2, 0) is 0 Å². The molecule has 1 heterocycles. The van der Waals surface area contributed by atoms with Gasteiger partial charge < -0.3 is 5.32 Å². The fourth-order valence-electron chi connectivity index (χ4n) is 2.00. The number of hydrogen-bond donors (Lipinski definition) is 1. The molecular weight excluding hydrogens is 311 g/mol. The Labute approximate surface area is 131 Å². The number of nitrogens with zero attached hydrogens (tertiary/aromatic N) is 1. The van der Waals surface area contributed by atoms with Crippen molar-refractivity contribution < 1.29 is 0 Å². The summed E-state index contributed by atoms with van der Waals surface area (Å²) in [6, 6.07) is 13.7. The van der Waals surface area contributed by atoms with Gasteiger partial charge in [-0.05, 0) is 36.8 Å². The van der Waals surface area contributed by atoms with E-state index >= 15 is 0 Å². The van der Waals surface area contributed by atoms with Crippen molar-refractivity contribution in [2.45, 2.75) is 13.0 Å². The highest BCUT2D eigenvalue weighted by Gasteiger charge is 2.10. The zero-order chi connectivity index (χ0) is 14.1. The SMILES string of the molecule is CC(Nc1nc2cccc(Cl)c2s1)c1ccc(Cl)cc1. The van der Waals surface area contributed by atoms with E-state index in [4.69, 9.17) is 23.2 Å². The normalized spacial score (nSPS) is 12.6. The van der Waals surface area contributed by atoms with Gasteiger partial charge in [0.15, 0.2) is 5.13 Å². The molecule has 0 aliphatic rings. The third-order valence-corrected chi connectivity index (χ3v) is 4.79. The lowest BCUT2D eigenvalue weighted by Gasteiger charge is -2.13. The van der Waals surface area contributed by atoms with Gasteiger partial charge in [0.1, 0.15) is 0 Å². The summed E-state index contributed by atoms with van der Waals surface area (Å²) in [6.07, 6.45) is 0. The van der Waals surface area contributed by atoms with Crippen LogP contribution in [0, 0.1) is 0 Å². The number of fused-ring (bicyclic) bond motifs is 1. The third kappa shape index (κ3) is 2.75. The Morgan fingerprint density at radius 3 is 2.55 bits per heavy atom. The van der Waals surface area contributed by atoms with E-state index in [1.54, 1.807) is 11.3 Å². The average Bonchev–Trinajstić information content (AvgIpc) is 2.83. The molecule has 0 amide bonds. The molecule has 0 aliphatic heterocycles. The predicted octanol–water partition coefficient (Wildman–Crippen LogP) is 5.78. The Hall–Kier alpha value is -1.29. The predicted molar refractivity (Wildman–Crippen MR) is 88.1 cm³/mol. The summed E-state index contributed by atoms with van der Waals surface area (Å²) < 4.78 is 1.01. The van der Waals surface area contributed by atoms with Crippen LogP contribution in [0.1, 0.15) is 18.5 Å². The summed E-state index contributed by atoms with van der Waals surface area (Å²) in [5, 5.41) is 5.76. The first kappa shape index (κ1) is 13.7. The van der Waals surface area contributed by atoms with E-state index in [0.717, 1.165) is 25.4 Å². The van der Waals surface area contributed by atoms with Crippen LogP contribution >= 0.6 is 34.5 Å². The molecule has 20 heavy (non-hydrogen) atoms. The Kier molecular flexibility index (Phi) is 3.83. The molecule has 0 fully saturated rings. The van der Waals surface area contributed by atoms with Crippen molar-refractivity contribution in [3.8, 4) is 0 Å². The quantitative estimate of drug-likeness (QED) is 0.661. The van der Waals surface area contributed by atoms with Crippen LogP contribution in [0.4, 0.5) is 5.13 Å². The smallest absolute Gasteiger partial charge is 0.184 e. The maximum atomic E-state index is 6.17. The first-order chi connectivity index (χ1) is 9.63. The minimum absolute atomic E-state index is 0.159. The van der Waals surface area contributed by atoms with Crippen LogP contribution in [0.2, 0.25) is 10.0 Å². The number of aromatic nitrogens is 1. The van der Waals surface area contributed by atoms with Crippen molar-refractivity contribution in [1.82, 2.24) is 4.98 Å². The van der Waals surface area contributed by atoms with Crippen LogP contribution in [-0.4, -0.2) is 4.98 Å². The highest BCUT2D eigenvalue weighted by atomic mass is 35.5. The van der Waals surface area contributed by atoms with Crippen LogP contribution in [0.15, 0.2) is 42.5 Å².